The fraction of sp³-hybridized carbons (Fsp3) is 0.320. The first kappa shape index (κ1) is 27.4. The smallest absolute Gasteiger partial charge is 0.246 e. The number of benzene rings is 2. The van der Waals surface area contributed by atoms with Gasteiger partial charge < -0.3 is 16.0 Å². The number of nitrogens with one attached hydrogen (secondary N) is 1. The van der Waals surface area contributed by atoms with Gasteiger partial charge in [-0.15, -0.1) is 0 Å². The highest BCUT2D eigenvalue weighted by Gasteiger charge is 2.44. The number of aryl methyl sites for hydroxylation is 1. The number of nitrogens with two attached hydrogens (primary N) is 1. The lowest BCUT2D eigenvalue weighted by atomic mass is 9.87. The molecule has 7 nitrogen and oxygen atoms in total. The zero-order valence-electron chi connectivity index (χ0n) is 20.2. The Bertz CT molecular complexity index is 1340. The van der Waals surface area contributed by atoms with Gasteiger partial charge in [0, 0.05) is 30.0 Å². The number of aromatic nitrogens is 2. The Hall–Kier alpha value is -3.17. The van der Waals surface area contributed by atoms with Crippen molar-refractivity contribution in [2.45, 2.75) is 39.3 Å². The van der Waals surface area contributed by atoms with Gasteiger partial charge >= 0.3 is 0 Å². The van der Waals surface area contributed by atoms with E-state index in [2.05, 4.69) is 17.0 Å². The molecule has 0 bridgehead atoms. The standard InChI is InChI=1S/C23H21Cl2F2N5O2.C2H6/c1-3-19(34)31-7-6-23(11-31,21-15(26)5-4-14(24)22(21)25)29-13-8-16(27)20-12(2)32(10-18(28)33)30-17(20)9-13;1-2/h3-5,8-9,29H,1,6-7,10-11H2,2H3,(H2,28,33);1-2H3. The Morgan fingerprint density at radius 1 is 1.25 bits per heavy atom. The molecule has 0 saturated carbocycles. The minimum Gasteiger partial charge on any atom is -0.373 e. The average molecular weight is 538 g/mol. The van der Waals surface area contributed by atoms with Gasteiger partial charge in [0.2, 0.25) is 11.8 Å². The van der Waals surface area contributed by atoms with Gasteiger partial charge in [-0.3, -0.25) is 14.3 Å². The van der Waals surface area contributed by atoms with Crippen LogP contribution in [0.5, 0.6) is 0 Å². The minimum atomic E-state index is -1.20. The molecule has 0 aliphatic carbocycles. The highest BCUT2D eigenvalue weighted by molar-refractivity contribution is 6.42. The van der Waals surface area contributed by atoms with Crippen LogP contribution >= 0.6 is 23.2 Å². The van der Waals surface area contributed by atoms with Gasteiger partial charge in [0.15, 0.2) is 0 Å². The number of likely N-dealkylation sites (tertiary alicyclic amines) is 1. The summed E-state index contributed by atoms with van der Waals surface area (Å²) in [5.41, 5.74) is 5.16. The minimum absolute atomic E-state index is 0.00481. The van der Waals surface area contributed by atoms with Crippen molar-refractivity contribution < 1.29 is 18.4 Å². The van der Waals surface area contributed by atoms with Gasteiger partial charge in [-0.05, 0) is 43.7 Å². The van der Waals surface area contributed by atoms with Crippen molar-refractivity contribution in [1.82, 2.24) is 14.7 Å². The lowest BCUT2D eigenvalue weighted by molar-refractivity contribution is -0.125. The number of carbonyl (C=O) groups is 2. The number of nitrogens with zero attached hydrogens (tertiary/aromatic N) is 3. The monoisotopic (exact) mass is 537 g/mol. The Balaban J connectivity index is 0.00000176. The molecule has 1 unspecified atom stereocenters. The first-order valence-corrected chi connectivity index (χ1v) is 12.1. The summed E-state index contributed by atoms with van der Waals surface area (Å²) in [7, 11) is 0. The maximum Gasteiger partial charge on any atom is 0.246 e. The number of primary amides is 1. The van der Waals surface area contributed by atoms with Crippen LogP contribution in [0.25, 0.3) is 10.9 Å². The molecule has 11 heteroatoms. The number of rotatable bonds is 6. The van der Waals surface area contributed by atoms with E-state index in [9.17, 15) is 9.59 Å². The van der Waals surface area contributed by atoms with E-state index in [0.29, 0.717) is 5.69 Å². The Labute approximate surface area is 217 Å². The SMILES string of the molecule is C=CC(=O)N1CCC(Nc2cc(F)c3c(C)n(CC(N)=O)nc3c2)(c2c(F)ccc(Cl)c2Cl)C1.CC. The molecule has 3 N–H and O–H groups in total. The molecular formula is C25H27Cl2F2N5O2. The van der Waals surface area contributed by atoms with Crippen LogP contribution in [0.4, 0.5) is 14.5 Å². The molecule has 1 fully saturated rings. The number of anilines is 1. The van der Waals surface area contributed by atoms with Gasteiger partial charge in [0.05, 0.1) is 26.5 Å². The Kier molecular flexibility index (Phi) is 8.26. The molecule has 1 saturated heterocycles. The third-order valence-electron chi connectivity index (χ3n) is 6.01. The van der Waals surface area contributed by atoms with Gasteiger partial charge in [-0.2, -0.15) is 5.10 Å². The second-order valence-electron chi connectivity index (χ2n) is 8.20. The number of amides is 2. The zero-order valence-corrected chi connectivity index (χ0v) is 21.7. The molecule has 2 amide bonds. The van der Waals surface area contributed by atoms with Crippen molar-refractivity contribution >= 4 is 51.6 Å². The number of hydrogen-bond donors (Lipinski definition) is 2. The molecule has 1 aliphatic rings. The summed E-state index contributed by atoms with van der Waals surface area (Å²) in [4.78, 5) is 25.1. The highest BCUT2D eigenvalue weighted by atomic mass is 35.5. The normalized spacial score (nSPS) is 17.0. The van der Waals surface area contributed by atoms with Crippen LogP contribution in [-0.4, -0.2) is 39.6 Å². The predicted octanol–water partition coefficient (Wildman–Crippen LogP) is 5.17. The highest BCUT2D eigenvalue weighted by Crippen LogP contribution is 2.43. The Morgan fingerprint density at radius 2 is 1.94 bits per heavy atom. The number of halogens is 4. The van der Waals surface area contributed by atoms with E-state index in [0.717, 1.165) is 0 Å². The summed E-state index contributed by atoms with van der Waals surface area (Å²) in [5, 5.41) is 7.88. The average Bonchev–Trinajstić information content (AvgIpc) is 3.39. The van der Waals surface area contributed by atoms with Crippen molar-refractivity contribution in [2.24, 2.45) is 5.73 Å². The van der Waals surface area contributed by atoms with E-state index in [-0.39, 0.29) is 64.2 Å². The van der Waals surface area contributed by atoms with Crippen LogP contribution in [0.2, 0.25) is 10.0 Å². The fourth-order valence-electron chi connectivity index (χ4n) is 4.47. The third kappa shape index (κ3) is 5.03. The van der Waals surface area contributed by atoms with E-state index in [1.54, 1.807) is 13.0 Å². The maximum absolute atomic E-state index is 15.1. The van der Waals surface area contributed by atoms with Crippen molar-refractivity contribution in [3.8, 4) is 0 Å². The summed E-state index contributed by atoms with van der Waals surface area (Å²) < 4.78 is 31.6. The summed E-state index contributed by atoms with van der Waals surface area (Å²) in [5.74, 6) is -2.14. The molecular weight excluding hydrogens is 511 g/mol. The Morgan fingerprint density at radius 3 is 2.58 bits per heavy atom. The van der Waals surface area contributed by atoms with Gasteiger partial charge in [-0.25, -0.2) is 8.78 Å². The molecule has 192 valence electrons. The van der Waals surface area contributed by atoms with Crippen molar-refractivity contribution in [2.75, 3.05) is 18.4 Å². The summed E-state index contributed by atoms with van der Waals surface area (Å²) in [6.07, 6.45) is 1.45. The molecule has 1 aromatic heterocycles. The summed E-state index contributed by atoms with van der Waals surface area (Å²) in [6.45, 7) is 9.28. The number of hydrogen-bond acceptors (Lipinski definition) is 4. The lowest BCUT2D eigenvalue weighted by Crippen LogP contribution is -2.41. The van der Waals surface area contributed by atoms with E-state index < -0.39 is 23.1 Å². The molecule has 3 aromatic rings. The zero-order chi connectivity index (χ0) is 26.8. The number of fused-ring (bicyclic) bond motifs is 1. The maximum atomic E-state index is 15.1. The van der Waals surface area contributed by atoms with Crippen LogP contribution in [0.1, 0.15) is 31.5 Å². The van der Waals surface area contributed by atoms with Crippen LogP contribution in [0.15, 0.2) is 36.9 Å². The van der Waals surface area contributed by atoms with Crippen molar-refractivity contribution in [3.63, 3.8) is 0 Å². The lowest BCUT2D eigenvalue weighted by Gasteiger charge is -2.33. The quantitative estimate of drug-likeness (QED) is 0.335. The van der Waals surface area contributed by atoms with Gasteiger partial charge in [0.25, 0.3) is 0 Å². The van der Waals surface area contributed by atoms with Crippen LogP contribution in [0.3, 0.4) is 0 Å². The van der Waals surface area contributed by atoms with E-state index in [4.69, 9.17) is 28.9 Å². The molecule has 0 spiro atoms. The van der Waals surface area contributed by atoms with Crippen LogP contribution < -0.4 is 11.1 Å². The van der Waals surface area contributed by atoms with Crippen LogP contribution in [0, 0.1) is 18.6 Å². The molecule has 2 aromatic carbocycles. The van der Waals surface area contributed by atoms with Gasteiger partial charge in [-0.1, -0.05) is 43.6 Å². The van der Waals surface area contributed by atoms with Gasteiger partial charge in [0.1, 0.15) is 18.2 Å². The van der Waals surface area contributed by atoms with Crippen molar-refractivity contribution in [3.05, 3.63) is 69.9 Å². The summed E-state index contributed by atoms with van der Waals surface area (Å²) in [6, 6.07) is 5.38. The largest absolute Gasteiger partial charge is 0.373 e. The molecule has 1 aliphatic heterocycles. The second kappa shape index (κ2) is 10.8. The van der Waals surface area contributed by atoms with Crippen LogP contribution in [-0.2, 0) is 21.7 Å². The van der Waals surface area contributed by atoms with Crippen molar-refractivity contribution in [1.29, 1.82) is 0 Å². The first-order chi connectivity index (χ1) is 17.1. The molecule has 4 rings (SSSR count). The molecule has 36 heavy (non-hydrogen) atoms. The topological polar surface area (TPSA) is 93.3 Å². The third-order valence-corrected chi connectivity index (χ3v) is 6.82. The summed E-state index contributed by atoms with van der Waals surface area (Å²) >= 11 is 12.6. The molecule has 0 radical (unpaired) electrons. The predicted molar refractivity (Wildman–Crippen MR) is 138 cm³/mol. The second-order valence-corrected chi connectivity index (χ2v) is 8.99. The molecule has 1 atom stereocenters. The fourth-order valence-corrected chi connectivity index (χ4v) is 4.97. The molecule has 2 heterocycles. The number of carbonyl (C=O) groups excluding carboxylic acids is 2. The van der Waals surface area contributed by atoms with E-state index >= 15 is 8.78 Å². The first-order valence-electron chi connectivity index (χ1n) is 11.3. The van der Waals surface area contributed by atoms with E-state index in [1.165, 1.54) is 33.9 Å². The van der Waals surface area contributed by atoms with E-state index in [1.807, 2.05) is 13.8 Å².